The van der Waals surface area contributed by atoms with E-state index in [1.165, 1.54) is 0 Å². The summed E-state index contributed by atoms with van der Waals surface area (Å²) in [5, 5.41) is 5.70. The number of benzene rings is 2. The lowest BCUT2D eigenvalue weighted by atomic mass is 10.2. The Bertz CT molecular complexity index is 1060. The summed E-state index contributed by atoms with van der Waals surface area (Å²) in [5.74, 6) is 0.937. The Hall–Kier alpha value is -3.49. The molecule has 0 unspecified atom stereocenters. The van der Waals surface area contributed by atoms with E-state index in [0.29, 0.717) is 29.5 Å². The zero-order chi connectivity index (χ0) is 24.6. The summed E-state index contributed by atoms with van der Waals surface area (Å²) in [6.07, 6.45) is -0.782. The number of hydrogen-bond donors (Lipinski definition) is 2. The van der Waals surface area contributed by atoms with Crippen molar-refractivity contribution in [2.24, 2.45) is 0 Å². The topological polar surface area (TPSA) is 68.3 Å². The largest absolute Gasteiger partial charge is 0.494 e. The van der Waals surface area contributed by atoms with Gasteiger partial charge in [0.15, 0.2) is 0 Å². The van der Waals surface area contributed by atoms with Crippen molar-refractivity contribution >= 4 is 23.1 Å². The first kappa shape index (κ1) is 25.1. The van der Waals surface area contributed by atoms with Gasteiger partial charge >= 0.3 is 6.18 Å². The third kappa shape index (κ3) is 7.54. The number of rotatable bonds is 11. The third-order valence-corrected chi connectivity index (χ3v) is 4.69. The summed E-state index contributed by atoms with van der Waals surface area (Å²) in [6, 6.07) is 13.8. The van der Waals surface area contributed by atoms with Gasteiger partial charge in [0.2, 0.25) is 5.95 Å². The average molecular weight is 475 g/mol. The maximum atomic E-state index is 13.6. The fourth-order valence-corrected chi connectivity index (χ4v) is 3.11. The quantitative estimate of drug-likeness (QED) is 0.283. The van der Waals surface area contributed by atoms with Crippen LogP contribution in [0.3, 0.4) is 0 Å². The molecule has 2 aromatic carbocycles. The molecule has 0 aliphatic heterocycles. The fourth-order valence-electron chi connectivity index (χ4n) is 3.11. The Kier molecular flexibility index (Phi) is 8.56. The van der Waals surface area contributed by atoms with Crippen molar-refractivity contribution in [1.82, 2.24) is 9.97 Å². The van der Waals surface area contributed by atoms with Gasteiger partial charge in [-0.2, -0.15) is 18.2 Å². The number of unbranched alkanes of at least 4 members (excludes halogenated alkanes) is 2. The molecule has 0 aliphatic rings. The standard InChI is InChI=1S/C25H29F3N4O2/c1-4-5-6-14-33-21-9-7-8-19(15-21)30-23-22(25(26,27)28)16-29-24(32-23)31-18-10-12-20(13-11-18)34-17(2)3/h7-13,15-17H,4-6,14H2,1-3H3,(H2,29,30,31,32). The van der Waals surface area contributed by atoms with E-state index in [9.17, 15) is 13.2 Å². The van der Waals surface area contributed by atoms with Gasteiger partial charge in [-0.1, -0.05) is 25.8 Å². The van der Waals surface area contributed by atoms with Crippen LogP contribution in [0.25, 0.3) is 0 Å². The van der Waals surface area contributed by atoms with E-state index in [1.54, 1.807) is 48.5 Å². The van der Waals surface area contributed by atoms with Gasteiger partial charge in [-0.15, -0.1) is 0 Å². The van der Waals surface area contributed by atoms with Gasteiger partial charge in [-0.3, -0.25) is 0 Å². The first-order valence-corrected chi connectivity index (χ1v) is 11.2. The van der Waals surface area contributed by atoms with Crippen LogP contribution >= 0.6 is 0 Å². The highest BCUT2D eigenvalue weighted by Crippen LogP contribution is 2.35. The smallest absolute Gasteiger partial charge is 0.421 e. The zero-order valence-corrected chi connectivity index (χ0v) is 19.4. The maximum absolute atomic E-state index is 13.6. The Morgan fingerprint density at radius 2 is 1.71 bits per heavy atom. The molecule has 3 rings (SSSR count). The summed E-state index contributed by atoms with van der Waals surface area (Å²) in [4.78, 5) is 7.94. The van der Waals surface area contributed by atoms with Crippen molar-refractivity contribution in [3.8, 4) is 11.5 Å². The van der Waals surface area contributed by atoms with Crippen LogP contribution in [0, 0.1) is 0 Å². The second kappa shape index (κ2) is 11.6. The molecule has 0 amide bonds. The molecule has 34 heavy (non-hydrogen) atoms. The summed E-state index contributed by atoms with van der Waals surface area (Å²) < 4.78 is 52.1. The highest BCUT2D eigenvalue weighted by atomic mass is 19.4. The summed E-state index contributed by atoms with van der Waals surface area (Å²) in [7, 11) is 0. The van der Waals surface area contributed by atoms with E-state index in [0.717, 1.165) is 25.5 Å². The normalized spacial score (nSPS) is 11.4. The summed E-state index contributed by atoms with van der Waals surface area (Å²) in [6.45, 7) is 6.49. The van der Waals surface area contributed by atoms with Crippen LogP contribution in [-0.2, 0) is 6.18 Å². The van der Waals surface area contributed by atoms with Crippen LogP contribution in [0.5, 0.6) is 11.5 Å². The number of nitrogens with one attached hydrogen (secondary N) is 2. The molecule has 182 valence electrons. The van der Waals surface area contributed by atoms with E-state index >= 15 is 0 Å². The van der Waals surface area contributed by atoms with Crippen LogP contribution in [0.15, 0.2) is 54.7 Å². The first-order chi connectivity index (χ1) is 16.2. The van der Waals surface area contributed by atoms with Crippen molar-refractivity contribution in [2.45, 2.75) is 52.3 Å². The molecular weight excluding hydrogens is 445 g/mol. The van der Waals surface area contributed by atoms with Gasteiger partial charge < -0.3 is 20.1 Å². The maximum Gasteiger partial charge on any atom is 0.421 e. The molecule has 0 bridgehead atoms. The summed E-state index contributed by atoms with van der Waals surface area (Å²) >= 11 is 0. The van der Waals surface area contributed by atoms with E-state index in [-0.39, 0.29) is 17.9 Å². The number of ether oxygens (including phenoxy) is 2. The minimum absolute atomic E-state index is 0.0278. The number of hydrogen-bond acceptors (Lipinski definition) is 6. The Labute approximate surface area is 197 Å². The van der Waals surface area contributed by atoms with E-state index in [4.69, 9.17) is 9.47 Å². The number of aromatic nitrogens is 2. The van der Waals surface area contributed by atoms with Gasteiger partial charge in [0.05, 0.1) is 12.7 Å². The zero-order valence-electron chi connectivity index (χ0n) is 19.4. The highest BCUT2D eigenvalue weighted by molar-refractivity contribution is 5.64. The van der Waals surface area contributed by atoms with E-state index in [1.807, 2.05) is 13.8 Å². The molecule has 0 fully saturated rings. The fraction of sp³-hybridized carbons (Fsp3) is 0.360. The number of anilines is 4. The second-order valence-electron chi connectivity index (χ2n) is 7.98. The van der Waals surface area contributed by atoms with Crippen LogP contribution in [0.1, 0.15) is 45.6 Å². The molecule has 1 aromatic heterocycles. The third-order valence-electron chi connectivity index (χ3n) is 4.69. The number of alkyl halides is 3. The minimum Gasteiger partial charge on any atom is -0.494 e. The minimum atomic E-state index is -4.62. The Balaban J connectivity index is 1.78. The van der Waals surface area contributed by atoms with Gasteiger partial charge in [-0.25, -0.2) is 4.98 Å². The van der Waals surface area contributed by atoms with Crippen LogP contribution in [0.2, 0.25) is 0 Å². The summed E-state index contributed by atoms with van der Waals surface area (Å²) in [5.41, 5.74) is 0.0793. The molecule has 0 saturated carbocycles. The molecule has 1 heterocycles. The molecule has 0 spiro atoms. The van der Waals surface area contributed by atoms with E-state index in [2.05, 4.69) is 27.5 Å². The van der Waals surface area contributed by atoms with Crippen molar-refractivity contribution < 1.29 is 22.6 Å². The van der Waals surface area contributed by atoms with Gasteiger partial charge in [0.25, 0.3) is 0 Å². The van der Waals surface area contributed by atoms with Gasteiger partial charge in [0, 0.05) is 23.6 Å². The average Bonchev–Trinajstić information content (AvgIpc) is 2.77. The van der Waals surface area contributed by atoms with E-state index < -0.39 is 11.7 Å². The molecule has 0 radical (unpaired) electrons. The Morgan fingerprint density at radius 1 is 0.941 bits per heavy atom. The highest BCUT2D eigenvalue weighted by Gasteiger charge is 2.35. The van der Waals surface area contributed by atoms with Gasteiger partial charge in [-0.05, 0) is 56.7 Å². The SMILES string of the molecule is CCCCCOc1cccc(Nc2nc(Nc3ccc(OC(C)C)cc3)ncc2C(F)(F)F)c1. The van der Waals surface area contributed by atoms with Crippen LogP contribution in [-0.4, -0.2) is 22.7 Å². The predicted molar refractivity (Wildman–Crippen MR) is 127 cm³/mol. The molecule has 2 N–H and O–H groups in total. The Morgan fingerprint density at radius 3 is 2.38 bits per heavy atom. The van der Waals surface area contributed by atoms with Crippen molar-refractivity contribution in [3.05, 3.63) is 60.3 Å². The van der Waals surface area contributed by atoms with Crippen LogP contribution in [0.4, 0.5) is 36.3 Å². The molecule has 9 heteroatoms. The van der Waals surface area contributed by atoms with Crippen LogP contribution < -0.4 is 20.1 Å². The molecule has 0 atom stereocenters. The molecule has 3 aromatic rings. The van der Waals surface area contributed by atoms with Crippen molar-refractivity contribution in [1.29, 1.82) is 0 Å². The lowest BCUT2D eigenvalue weighted by Gasteiger charge is -2.16. The number of halogens is 3. The monoisotopic (exact) mass is 474 g/mol. The molecule has 0 aliphatic carbocycles. The lowest BCUT2D eigenvalue weighted by Crippen LogP contribution is -2.12. The van der Waals surface area contributed by atoms with Crippen molar-refractivity contribution in [2.75, 3.05) is 17.2 Å². The van der Waals surface area contributed by atoms with Crippen molar-refractivity contribution in [3.63, 3.8) is 0 Å². The predicted octanol–water partition coefficient (Wildman–Crippen LogP) is 7.34. The van der Waals surface area contributed by atoms with Gasteiger partial charge in [0.1, 0.15) is 22.9 Å². The first-order valence-electron chi connectivity index (χ1n) is 11.2. The lowest BCUT2D eigenvalue weighted by molar-refractivity contribution is -0.137. The second-order valence-corrected chi connectivity index (χ2v) is 7.98. The molecular formula is C25H29F3N4O2. The molecule has 6 nitrogen and oxygen atoms in total. The number of nitrogens with zero attached hydrogens (tertiary/aromatic N) is 2. The molecule has 0 saturated heterocycles.